The highest BCUT2D eigenvalue weighted by Gasteiger charge is 2.18. The van der Waals surface area contributed by atoms with Gasteiger partial charge in [-0.1, -0.05) is 47.7 Å². The van der Waals surface area contributed by atoms with Crippen molar-refractivity contribution in [2.45, 2.75) is 24.4 Å². The Morgan fingerprint density at radius 2 is 1.77 bits per heavy atom. The minimum absolute atomic E-state index is 0.143. The van der Waals surface area contributed by atoms with Crippen molar-refractivity contribution in [3.8, 4) is 17.1 Å². The predicted octanol–water partition coefficient (Wildman–Crippen LogP) is 5.45. The standard InChI is InChI=1S/C27H23N5O2S/c1-19-8-10-22(11-9-19)32-25(20-12-14-28-15-13-20)30-31-27(32)35-18-21-5-2-3-7-24(21)26(33)29-17-23-6-4-16-34-23/h2-16H,17-18H2,1H3,(H,29,33). The molecule has 35 heavy (non-hydrogen) atoms. The Labute approximate surface area is 207 Å². The van der Waals surface area contributed by atoms with Crippen molar-refractivity contribution in [2.24, 2.45) is 0 Å². The molecular formula is C27H23N5O2S. The quantitative estimate of drug-likeness (QED) is 0.297. The van der Waals surface area contributed by atoms with Crippen LogP contribution >= 0.6 is 11.8 Å². The molecule has 0 saturated carbocycles. The van der Waals surface area contributed by atoms with Crippen molar-refractivity contribution in [1.82, 2.24) is 25.1 Å². The Morgan fingerprint density at radius 1 is 0.971 bits per heavy atom. The molecule has 3 aromatic heterocycles. The highest BCUT2D eigenvalue weighted by atomic mass is 32.2. The third-order valence-electron chi connectivity index (χ3n) is 5.49. The maximum atomic E-state index is 12.9. The molecule has 1 amide bonds. The summed E-state index contributed by atoms with van der Waals surface area (Å²) in [7, 11) is 0. The fraction of sp³-hybridized carbons (Fsp3) is 0.111. The zero-order valence-corrected chi connectivity index (χ0v) is 19.9. The Hall–Kier alpha value is -4.17. The summed E-state index contributed by atoms with van der Waals surface area (Å²) in [6.45, 7) is 2.40. The van der Waals surface area contributed by atoms with Crippen LogP contribution in [0.2, 0.25) is 0 Å². The Morgan fingerprint density at radius 3 is 2.54 bits per heavy atom. The van der Waals surface area contributed by atoms with E-state index in [1.807, 2.05) is 47.0 Å². The molecule has 1 N–H and O–H groups in total. The van der Waals surface area contributed by atoms with E-state index >= 15 is 0 Å². The van der Waals surface area contributed by atoms with Gasteiger partial charge >= 0.3 is 0 Å². The Bertz CT molecular complexity index is 1410. The van der Waals surface area contributed by atoms with E-state index in [0.717, 1.165) is 27.8 Å². The molecule has 0 fully saturated rings. The number of rotatable bonds is 8. The van der Waals surface area contributed by atoms with Crippen LogP contribution < -0.4 is 5.32 Å². The molecule has 0 atom stereocenters. The third kappa shape index (κ3) is 5.17. The summed E-state index contributed by atoms with van der Waals surface area (Å²) in [6.07, 6.45) is 5.08. The summed E-state index contributed by atoms with van der Waals surface area (Å²) in [4.78, 5) is 17.0. The monoisotopic (exact) mass is 481 g/mol. The summed E-state index contributed by atoms with van der Waals surface area (Å²) in [5.41, 5.74) is 4.62. The number of aromatic nitrogens is 4. The number of amides is 1. The molecule has 0 unspecified atom stereocenters. The fourth-order valence-corrected chi connectivity index (χ4v) is 4.62. The molecule has 2 aromatic carbocycles. The minimum Gasteiger partial charge on any atom is -0.467 e. The summed E-state index contributed by atoms with van der Waals surface area (Å²) in [6, 6.07) is 23.3. The molecule has 0 aliphatic heterocycles. The summed E-state index contributed by atoms with van der Waals surface area (Å²) in [5, 5.41) is 12.7. The van der Waals surface area contributed by atoms with Crippen molar-refractivity contribution in [1.29, 1.82) is 0 Å². The van der Waals surface area contributed by atoms with E-state index in [1.165, 1.54) is 17.3 Å². The highest BCUT2D eigenvalue weighted by Crippen LogP contribution is 2.30. The van der Waals surface area contributed by atoms with Gasteiger partial charge in [0.1, 0.15) is 5.76 Å². The number of pyridine rings is 1. The SMILES string of the molecule is Cc1ccc(-n2c(SCc3ccccc3C(=O)NCc3ccco3)nnc2-c2ccncc2)cc1. The molecule has 0 aliphatic carbocycles. The van der Waals surface area contributed by atoms with Crippen LogP contribution in [0, 0.1) is 6.92 Å². The Balaban J connectivity index is 1.41. The van der Waals surface area contributed by atoms with Crippen LogP contribution in [0.4, 0.5) is 0 Å². The average molecular weight is 482 g/mol. The molecule has 174 valence electrons. The maximum Gasteiger partial charge on any atom is 0.251 e. The van der Waals surface area contributed by atoms with Crippen LogP contribution in [0.5, 0.6) is 0 Å². The molecule has 8 heteroatoms. The summed E-state index contributed by atoms with van der Waals surface area (Å²) in [5.74, 6) is 1.86. The lowest BCUT2D eigenvalue weighted by molar-refractivity contribution is 0.0947. The van der Waals surface area contributed by atoms with E-state index in [4.69, 9.17) is 4.42 Å². The number of nitrogens with one attached hydrogen (secondary N) is 1. The van der Waals surface area contributed by atoms with Crippen LogP contribution in [0.1, 0.15) is 27.2 Å². The van der Waals surface area contributed by atoms with Gasteiger partial charge in [-0.05, 0) is 55.0 Å². The predicted molar refractivity (Wildman–Crippen MR) is 135 cm³/mol. The van der Waals surface area contributed by atoms with Gasteiger partial charge in [0.2, 0.25) is 0 Å². The van der Waals surface area contributed by atoms with Gasteiger partial charge in [-0.2, -0.15) is 0 Å². The van der Waals surface area contributed by atoms with Crippen LogP contribution in [0.15, 0.2) is 101 Å². The first kappa shape index (κ1) is 22.6. The van der Waals surface area contributed by atoms with E-state index in [1.54, 1.807) is 24.7 Å². The number of hydrogen-bond acceptors (Lipinski definition) is 6. The van der Waals surface area contributed by atoms with Gasteiger partial charge in [0.15, 0.2) is 11.0 Å². The Kier molecular flexibility index (Phi) is 6.72. The lowest BCUT2D eigenvalue weighted by atomic mass is 10.1. The normalized spacial score (nSPS) is 10.9. The molecule has 3 heterocycles. The first-order chi connectivity index (χ1) is 17.2. The number of benzene rings is 2. The third-order valence-corrected chi connectivity index (χ3v) is 6.46. The highest BCUT2D eigenvalue weighted by molar-refractivity contribution is 7.98. The van der Waals surface area contributed by atoms with Crippen LogP contribution in [0.3, 0.4) is 0 Å². The number of carbonyl (C=O) groups excluding carboxylic acids is 1. The van der Waals surface area contributed by atoms with E-state index in [2.05, 4.69) is 51.7 Å². The first-order valence-corrected chi connectivity index (χ1v) is 12.1. The first-order valence-electron chi connectivity index (χ1n) is 11.1. The van der Waals surface area contributed by atoms with Crippen LogP contribution in [-0.4, -0.2) is 25.7 Å². The number of carbonyl (C=O) groups is 1. The molecule has 0 bridgehead atoms. The molecule has 5 aromatic rings. The molecule has 7 nitrogen and oxygen atoms in total. The molecular weight excluding hydrogens is 458 g/mol. The number of aryl methyl sites for hydroxylation is 1. The van der Waals surface area contributed by atoms with E-state index in [0.29, 0.717) is 23.6 Å². The number of hydrogen-bond donors (Lipinski definition) is 1. The van der Waals surface area contributed by atoms with Crippen LogP contribution in [-0.2, 0) is 12.3 Å². The molecule has 0 radical (unpaired) electrons. The lowest BCUT2D eigenvalue weighted by Crippen LogP contribution is -2.23. The second-order valence-electron chi connectivity index (χ2n) is 7.92. The zero-order valence-electron chi connectivity index (χ0n) is 19.1. The van der Waals surface area contributed by atoms with Crippen molar-refractivity contribution in [3.63, 3.8) is 0 Å². The van der Waals surface area contributed by atoms with Gasteiger partial charge < -0.3 is 9.73 Å². The van der Waals surface area contributed by atoms with Gasteiger partial charge in [-0.15, -0.1) is 10.2 Å². The average Bonchev–Trinajstić information content (AvgIpc) is 3.57. The summed E-state index contributed by atoms with van der Waals surface area (Å²) < 4.78 is 7.36. The van der Waals surface area contributed by atoms with Crippen molar-refractivity contribution >= 4 is 17.7 Å². The largest absolute Gasteiger partial charge is 0.467 e. The van der Waals surface area contributed by atoms with Gasteiger partial charge in [-0.3, -0.25) is 14.3 Å². The van der Waals surface area contributed by atoms with Gasteiger partial charge in [0, 0.05) is 35.0 Å². The van der Waals surface area contributed by atoms with E-state index in [9.17, 15) is 4.79 Å². The van der Waals surface area contributed by atoms with Crippen molar-refractivity contribution in [2.75, 3.05) is 0 Å². The van der Waals surface area contributed by atoms with Gasteiger partial charge in [0.05, 0.1) is 12.8 Å². The van der Waals surface area contributed by atoms with Crippen molar-refractivity contribution in [3.05, 3.63) is 114 Å². The molecule has 0 saturated heterocycles. The molecule has 0 spiro atoms. The number of nitrogens with zero attached hydrogens (tertiary/aromatic N) is 4. The smallest absolute Gasteiger partial charge is 0.251 e. The fourth-order valence-electron chi connectivity index (χ4n) is 3.66. The zero-order chi connectivity index (χ0) is 24.0. The second-order valence-corrected chi connectivity index (χ2v) is 8.86. The topological polar surface area (TPSA) is 85.8 Å². The maximum absolute atomic E-state index is 12.9. The number of furan rings is 1. The minimum atomic E-state index is -0.143. The number of thioether (sulfide) groups is 1. The molecule has 5 rings (SSSR count). The van der Waals surface area contributed by atoms with E-state index < -0.39 is 0 Å². The second kappa shape index (κ2) is 10.4. The lowest BCUT2D eigenvalue weighted by Gasteiger charge is -2.12. The van der Waals surface area contributed by atoms with E-state index in [-0.39, 0.29) is 5.91 Å². The van der Waals surface area contributed by atoms with Crippen LogP contribution in [0.25, 0.3) is 17.1 Å². The van der Waals surface area contributed by atoms with Gasteiger partial charge in [0.25, 0.3) is 5.91 Å². The summed E-state index contributed by atoms with van der Waals surface area (Å²) >= 11 is 1.54. The molecule has 0 aliphatic rings. The van der Waals surface area contributed by atoms with Crippen molar-refractivity contribution < 1.29 is 9.21 Å². The van der Waals surface area contributed by atoms with Gasteiger partial charge in [-0.25, -0.2) is 0 Å².